The minimum atomic E-state index is 0.597. The van der Waals surface area contributed by atoms with Crippen LogP contribution in [0.4, 0.5) is 0 Å². The second-order valence-electron chi connectivity index (χ2n) is 3.27. The van der Waals surface area contributed by atoms with Gasteiger partial charge in [0, 0.05) is 22.8 Å². The van der Waals surface area contributed by atoms with Crippen LogP contribution in [0.25, 0.3) is 5.82 Å². The van der Waals surface area contributed by atoms with E-state index in [9.17, 15) is 0 Å². The highest BCUT2D eigenvalue weighted by atomic mass is 79.9. The molecule has 0 atom stereocenters. The number of hydrogen-bond acceptors (Lipinski definition) is 3. The molecule has 1 N–H and O–H groups in total. The molecule has 84 valence electrons. The molecule has 6 heteroatoms. The van der Waals surface area contributed by atoms with Crippen LogP contribution in [-0.4, -0.2) is 21.8 Å². The predicted octanol–water partition coefficient (Wildman–Crippen LogP) is 2.40. The van der Waals surface area contributed by atoms with Gasteiger partial charge in [-0.15, -0.1) is 0 Å². The first-order chi connectivity index (χ1) is 7.70. The first kappa shape index (κ1) is 11.6. The highest BCUT2D eigenvalue weighted by Crippen LogP contribution is 2.18. The monoisotopic (exact) mass is 300 g/mol. The van der Waals surface area contributed by atoms with E-state index in [0.717, 1.165) is 22.4 Å². The lowest BCUT2D eigenvalue weighted by Gasteiger charge is -2.08. The quantitative estimate of drug-likeness (QED) is 0.946. The van der Waals surface area contributed by atoms with Crippen LogP contribution < -0.4 is 5.32 Å². The number of pyridine rings is 1. The van der Waals surface area contributed by atoms with Crippen molar-refractivity contribution >= 4 is 27.5 Å². The third-order valence-corrected chi connectivity index (χ3v) is 2.67. The van der Waals surface area contributed by atoms with Crippen LogP contribution in [0.15, 0.2) is 29.1 Å². The third kappa shape index (κ3) is 2.42. The standard InChI is InChI=1S/C10H10BrClN4/c1-13-3-7-2-8(11)4-14-10(7)16-6-9(12)5-15-16/h2,4-6,13H,3H2,1H3. The molecule has 0 radical (unpaired) electrons. The fourth-order valence-electron chi connectivity index (χ4n) is 1.42. The summed E-state index contributed by atoms with van der Waals surface area (Å²) in [4.78, 5) is 4.34. The minimum absolute atomic E-state index is 0.597. The van der Waals surface area contributed by atoms with Crippen LogP contribution in [0.5, 0.6) is 0 Å². The Labute approximate surface area is 107 Å². The van der Waals surface area contributed by atoms with Crippen molar-refractivity contribution in [2.45, 2.75) is 6.54 Å². The van der Waals surface area contributed by atoms with Crippen LogP contribution >= 0.6 is 27.5 Å². The number of nitrogens with one attached hydrogen (secondary N) is 1. The van der Waals surface area contributed by atoms with Gasteiger partial charge in [0.2, 0.25) is 0 Å². The lowest BCUT2D eigenvalue weighted by molar-refractivity contribution is 0.770. The van der Waals surface area contributed by atoms with Gasteiger partial charge in [0.05, 0.1) is 17.4 Å². The van der Waals surface area contributed by atoms with Gasteiger partial charge in [0.1, 0.15) is 0 Å². The molecule has 0 bridgehead atoms. The molecule has 4 nitrogen and oxygen atoms in total. The van der Waals surface area contributed by atoms with Crippen molar-refractivity contribution in [3.63, 3.8) is 0 Å². The molecular formula is C10H10BrClN4. The number of halogens is 2. The summed E-state index contributed by atoms with van der Waals surface area (Å²) in [5.41, 5.74) is 1.05. The highest BCUT2D eigenvalue weighted by Gasteiger charge is 2.07. The molecule has 0 aliphatic rings. The Morgan fingerprint density at radius 3 is 2.94 bits per heavy atom. The zero-order chi connectivity index (χ0) is 11.5. The molecule has 2 aromatic rings. The summed E-state index contributed by atoms with van der Waals surface area (Å²) in [5, 5.41) is 7.83. The molecule has 0 fully saturated rings. The van der Waals surface area contributed by atoms with E-state index in [0.29, 0.717) is 5.02 Å². The smallest absolute Gasteiger partial charge is 0.157 e. The van der Waals surface area contributed by atoms with E-state index in [4.69, 9.17) is 11.6 Å². The molecule has 0 amide bonds. The Kier molecular flexibility index (Phi) is 3.58. The Balaban J connectivity index is 2.47. The summed E-state index contributed by atoms with van der Waals surface area (Å²) < 4.78 is 2.61. The Bertz CT molecular complexity index is 497. The molecule has 0 saturated carbocycles. The normalized spacial score (nSPS) is 10.7. The topological polar surface area (TPSA) is 42.7 Å². The average Bonchev–Trinajstić information content (AvgIpc) is 2.65. The minimum Gasteiger partial charge on any atom is -0.316 e. The van der Waals surface area contributed by atoms with E-state index < -0.39 is 0 Å². The number of nitrogens with zero attached hydrogens (tertiary/aromatic N) is 3. The van der Waals surface area contributed by atoms with Crippen molar-refractivity contribution in [1.29, 1.82) is 0 Å². The fourth-order valence-corrected chi connectivity index (χ4v) is 1.93. The van der Waals surface area contributed by atoms with Crippen molar-refractivity contribution in [2.24, 2.45) is 0 Å². The Hall–Kier alpha value is -0.910. The van der Waals surface area contributed by atoms with E-state index in [2.05, 4.69) is 31.3 Å². The number of aromatic nitrogens is 3. The summed E-state index contributed by atoms with van der Waals surface area (Å²) in [6.45, 7) is 0.721. The van der Waals surface area contributed by atoms with Gasteiger partial charge in [-0.1, -0.05) is 11.6 Å². The summed E-state index contributed by atoms with van der Waals surface area (Å²) >= 11 is 9.23. The first-order valence-corrected chi connectivity index (χ1v) is 5.87. The van der Waals surface area contributed by atoms with Crippen molar-refractivity contribution in [3.8, 4) is 5.82 Å². The zero-order valence-corrected chi connectivity index (χ0v) is 11.0. The summed E-state index contributed by atoms with van der Waals surface area (Å²) in [6, 6.07) is 2.01. The number of hydrogen-bond donors (Lipinski definition) is 1. The van der Waals surface area contributed by atoms with Crippen molar-refractivity contribution in [1.82, 2.24) is 20.1 Å². The van der Waals surface area contributed by atoms with Gasteiger partial charge in [-0.05, 0) is 29.0 Å². The number of rotatable bonds is 3. The van der Waals surface area contributed by atoms with Crippen LogP contribution in [0.3, 0.4) is 0 Å². The maximum absolute atomic E-state index is 5.83. The van der Waals surface area contributed by atoms with E-state index in [-0.39, 0.29) is 0 Å². The second-order valence-corrected chi connectivity index (χ2v) is 4.62. The van der Waals surface area contributed by atoms with Gasteiger partial charge in [0.25, 0.3) is 0 Å². The maximum atomic E-state index is 5.83. The van der Waals surface area contributed by atoms with Gasteiger partial charge in [-0.3, -0.25) is 0 Å². The summed E-state index contributed by atoms with van der Waals surface area (Å²) in [7, 11) is 1.89. The third-order valence-electron chi connectivity index (χ3n) is 2.04. The lowest BCUT2D eigenvalue weighted by atomic mass is 10.2. The van der Waals surface area contributed by atoms with E-state index in [1.165, 1.54) is 0 Å². The van der Waals surface area contributed by atoms with E-state index >= 15 is 0 Å². The molecule has 0 aromatic carbocycles. The Morgan fingerprint density at radius 1 is 1.50 bits per heavy atom. The molecule has 2 aromatic heterocycles. The lowest BCUT2D eigenvalue weighted by Crippen LogP contribution is -2.10. The van der Waals surface area contributed by atoms with Crippen molar-refractivity contribution in [3.05, 3.63) is 39.7 Å². The molecule has 2 heterocycles. The maximum Gasteiger partial charge on any atom is 0.157 e. The second kappa shape index (κ2) is 4.95. The fraction of sp³-hybridized carbons (Fsp3) is 0.200. The van der Waals surface area contributed by atoms with Crippen LogP contribution in [-0.2, 0) is 6.54 Å². The largest absolute Gasteiger partial charge is 0.316 e. The van der Waals surface area contributed by atoms with Crippen LogP contribution in [0.2, 0.25) is 5.02 Å². The molecule has 0 spiro atoms. The molecule has 0 saturated heterocycles. The van der Waals surface area contributed by atoms with Gasteiger partial charge in [-0.25, -0.2) is 9.67 Å². The molecule has 0 aliphatic heterocycles. The Morgan fingerprint density at radius 2 is 2.31 bits per heavy atom. The average molecular weight is 302 g/mol. The molecule has 16 heavy (non-hydrogen) atoms. The first-order valence-electron chi connectivity index (χ1n) is 4.70. The molecule has 2 rings (SSSR count). The molecule has 0 unspecified atom stereocenters. The molecule has 0 aliphatic carbocycles. The summed E-state index contributed by atoms with van der Waals surface area (Å²) in [5.74, 6) is 0.782. The van der Waals surface area contributed by atoms with Crippen LogP contribution in [0, 0.1) is 0 Å². The summed E-state index contributed by atoms with van der Waals surface area (Å²) in [6.07, 6.45) is 5.06. The SMILES string of the molecule is CNCc1cc(Br)cnc1-n1cc(Cl)cn1. The van der Waals surface area contributed by atoms with Crippen molar-refractivity contribution in [2.75, 3.05) is 7.05 Å². The van der Waals surface area contributed by atoms with Gasteiger partial charge in [-0.2, -0.15) is 5.10 Å². The van der Waals surface area contributed by atoms with Gasteiger partial charge >= 0.3 is 0 Å². The van der Waals surface area contributed by atoms with E-state index in [1.54, 1.807) is 23.3 Å². The van der Waals surface area contributed by atoms with E-state index in [1.807, 2.05) is 13.1 Å². The van der Waals surface area contributed by atoms with Gasteiger partial charge < -0.3 is 5.32 Å². The van der Waals surface area contributed by atoms with Gasteiger partial charge in [0.15, 0.2) is 5.82 Å². The van der Waals surface area contributed by atoms with Crippen LogP contribution in [0.1, 0.15) is 5.56 Å². The highest BCUT2D eigenvalue weighted by molar-refractivity contribution is 9.10. The molecular weight excluding hydrogens is 291 g/mol. The zero-order valence-electron chi connectivity index (χ0n) is 8.61. The predicted molar refractivity (Wildman–Crippen MR) is 66.8 cm³/mol. The van der Waals surface area contributed by atoms with Crippen molar-refractivity contribution < 1.29 is 0 Å².